The molecule has 0 fully saturated rings. The van der Waals surface area contributed by atoms with Gasteiger partial charge in [0.25, 0.3) is 0 Å². The average molecular weight is 835 g/mol. The van der Waals surface area contributed by atoms with Crippen molar-refractivity contribution in [2.75, 3.05) is 0 Å². The Morgan fingerprint density at radius 2 is 0.908 bits per heavy atom. The normalized spacial score (nSPS) is 11.8. The highest BCUT2D eigenvalue weighted by atomic mass is 16.3. The molecule has 2 aromatic heterocycles. The van der Waals surface area contributed by atoms with Gasteiger partial charge in [0, 0.05) is 32.7 Å². The summed E-state index contributed by atoms with van der Waals surface area (Å²) >= 11 is 0. The summed E-state index contributed by atoms with van der Waals surface area (Å²) in [6, 6.07) is 59.8. The Kier molecular flexibility index (Phi) is 8.86. The lowest BCUT2D eigenvalue weighted by Crippen LogP contribution is -1.95. The molecule has 0 aliphatic heterocycles. The summed E-state index contributed by atoms with van der Waals surface area (Å²) in [6.45, 7) is 13.2. The Morgan fingerprint density at radius 3 is 1.54 bits per heavy atom. The summed E-state index contributed by atoms with van der Waals surface area (Å²) in [5.41, 5.74) is 22.5. The molecule has 0 bridgehead atoms. The van der Waals surface area contributed by atoms with Crippen LogP contribution in [0.25, 0.3) is 121 Å². The van der Waals surface area contributed by atoms with Gasteiger partial charge in [-0.2, -0.15) is 0 Å². The minimum absolute atomic E-state index is 0.838. The zero-order valence-corrected chi connectivity index (χ0v) is 37.5. The molecule has 10 aromatic carbocycles. The molecule has 12 rings (SSSR count). The third-order valence-electron chi connectivity index (χ3n) is 13.6. The Morgan fingerprint density at radius 1 is 0.369 bits per heavy atom. The van der Waals surface area contributed by atoms with E-state index in [-0.39, 0.29) is 0 Å². The van der Waals surface area contributed by atoms with Crippen LogP contribution in [0, 0.1) is 41.5 Å². The zero-order valence-electron chi connectivity index (χ0n) is 37.5. The van der Waals surface area contributed by atoms with Crippen molar-refractivity contribution >= 4 is 65.3 Å². The van der Waals surface area contributed by atoms with Crippen LogP contribution in [0.2, 0.25) is 0 Å². The van der Waals surface area contributed by atoms with Gasteiger partial charge in [-0.1, -0.05) is 139 Å². The standard InChI is InChI=1S/C62H46N2O/c1-35-24-37(3)58(38(4)25-35)47-20-22-50-51-23-21-48(59-39(5)26-36(2)27-40(59)6)32-55(51)61-60(54(50)31-47)63-34-56(64-61)46-17-10-15-42(29-46)41-14-9-16-45(28-41)49-18-11-19-52-53-30-43-12-7-8-13-44(43)33-57(53)65-62(49)52/h7-34H,1-6H3. The van der Waals surface area contributed by atoms with Gasteiger partial charge in [0.1, 0.15) is 11.2 Å². The number of nitrogens with zero attached hydrogens (tertiary/aromatic N) is 2. The third kappa shape index (κ3) is 6.41. The minimum Gasteiger partial charge on any atom is -0.455 e. The molecular formula is C62H46N2O. The number of rotatable bonds is 5. The first-order valence-electron chi connectivity index (χ1n) is 22.5. The Labute approximate surface area is 378 Å². The summed E-state index contributed by atoms with van der Waals surface area (Å²) in [5, 5.41) is 9.21. The number of hydrogen-bond acceptors (Lipinski definition) is 3. The molecule has 12 aromatic rings. The van der Waals surface area contributed by atoms with Crippen molar-refractivity contribution in [1.82, 2.24) is 9.97 Å². The first kappa shape index (κ1) is 38.8. The minimum atomic E-state index is 0.838. The van der Waals surface area contributed by atoms with Gasteiger partial charge in [-0.15, -0.1) is 0 Å². The number of furan rings is 1. The topological polar surface area (TPSA) is 38.9 Å². The van der Waals surface area contributed by atoms with Crippen molar-refractivity contribution in [3.63, 3.8) is 0 Å². The van der Waals surface area contributed by atoms with Crippen molar-refractivity contribution in [3.8, 4) is 55.8 Å². The van der Waals surface area contributed by atoms with E-state index >= 15 is 0 Å². The second kappa shape index (κ2) is 14.9. The molecule has 0 N–H and O–H groups in total. The van der Waals surface area contributed by atoms with Crippen LogP contribution >= 0.6 is 0 Å². The Bertz CT molecular complexity index is 3920. The van der Waals surface area contributed by atoms with Crippen LogP contribution in [0.15, 0.2) is 174 Å². The predicted octanol–water partition coefficient (Wildman–Crippen LogP) is 17.2. The molecule has 0 aliphatic carbocycles. The highest BCUT2D eigenvalue weighted by Crippen LogP contribution is 2.42. The van der Waals surface area contributed by atoms with Crippen LogP contribution in [0.1, 0.15) is 33.4 Å². The number of fused-ring (bicyclic) bond motifs is 10. The number of aromatic nitrogens is 2. The quantitative estimate of drug-likeness (QED) is 0.162. The largest absolute Gasteiger partial charge is 0.455 e. The summed E-state index contributed by atoms with van der Waals surface area (Å²) in [4.78, 5) is 10.9. The fourth-order valence-corrected chi connectivity index (χ4v) is 10.9. The van der Waals surface area contributed by atoms with E-state index in [1.165, 1.54) is 77.2 Å². The van der Waals surface area contributed by atoms with Gasteiger partial charge < -0.3 is 4.42 Å². The Balaban J connectivity index is 1.01. The molecule has 0 amide bonds. The average Bonchev–Trinajstić information content (AvgIpc) is 3.67. The van der Waals surface area contributed by atoms with Crippen LogP contribution in [-0.4, -0.2) is 9.97 Å². The number of para-hydroxylation sites is 1. The lowest BCUT2D eigenvalue weighted by atomic mass is 9.89. The number of hydrogen-bond donors (Lipinski definition) is 0. The van der Waals surface area contributed by atoms with Crippen molar-refractivity contribution in [2.24, 2.45) is 0 Å². The predicted molar refractivity (Wildman–Crippen MR) is 275 cm³/mol. The van der Waals surface area contributed by atoms with Gasteiger partial charge in [0.15, 0.2) is 0 Å². The Hall–Kier alpha value is -7.88. The molecule has 3 nitrogen and oxygen atoms in total. The lowest BCUT2D eigenvalue weighted by Gasteiger charge is -2.17. The molecule has 65 heavy (non-hydrogen) atoms. The fourth-order valence-electron chi connectivity index (χ4n) is 10.9. The number of benzene rings is 10. The molecule has 0 aliphatic rings. The molecule has 3 heteroatoms. The van der Waals surface area contributed by atoms with E-state index in [1.807, 2.05) is 6.20 Å². The van der Waals surface area contributed by atoms with Crippen molar-refractivity contribution in [3.05, 3.63) is 203 Å². The molecule has 0 unspecified atom stereocenters. The van der Waals surface area contributed by atoms with Gasteiger partial charge in [0.2, 0.25) is 0 Å². The van der Waals surface area contributed by atoms with Gasteiger partial charge in [-0.3, -0.25) is 4.98 Å². The maximum atomic E-state index is 6.64. The van der Waals surface area contributed by atoms with E-state index in [0.717, 1.165) is 77.3 Å². The molecular weight excluding hydrogens is 789 g/mol. The molecule has 0 radical (unpaired) electrons. The molecule has 0 spiro atoms. The fraction of sp³-hybridized carbons (Fsp3) is 0.0968. The highest BCUT2D eigenvalue weighted by molar-refractivity contribution is 6.24. The van der Waals surface area contributed by atoms with Crippen LogP contribution in [0.4, 0.5) is 0 Å². The number of aryl methyl sites for hydroxylation is 6. The smallest absolute Gasteiger partial charge is 0.143 e. The van der Waals surface area contributed by atoms with Gasteiger partial charge in [-0.25, -0.2) is 4.98 Å². The van der Waals surface area contributed by atoms with E-state index in [2.05, 4.69) is 205 Å². The SMILES string of the molecule is Cc1cc(C)c(-c2ccc3c4ccc(-c5c(C)cc(C)cc5C)cc4c4nc(-c5cccc(-c6cccc(-c7cccc8c7oc7cc9ccccc9cc78)c6)c5)cnc4c3c2)c(C)c1. The maximum absolute atomic E-state index is 6.64. The van der Waals surface area contributed by atoms with Gasteiger partial charge >= 0.3 is 0 Å². The van der Waals surface area contributed by atoms with Crippen molar-refractivity contribution in [2.45, 2.75) is 41.5 Å². The second-order valence-corrected chi connectivity index (χ2v) is 18.2. The lowest BCUT2D eigenvalue weighted by molar-refractivity contribution is 0.670. The second-order valence-electron chi connectivity index (χ2n) is 18.2. The van der Waals surface area contributed by atoms with Crippen LogP contribution in [0.5, 0.6) is 0 Å². The van der Waals surface area contributed by atoms with Crippen LogP contribution < -0.4 is 0 Å². The van der Waals surface area contributed by atoms with Crippen molar-refractivity contribution in [1.29, 1.82) is 0 Å². The maximum Gasteiger partial charge on any atom is 0.143 e. The first-order valence-corrected chi connectivity index (χ1v) is 22.5. The van der Waals surface area contributed by atoms with E-state index in [0.29, 0.717) is 0 Å². The first-order chi connectivity index (χ1) is 31.6. The monoisotopic (exact) mass is 834 g/mol. The van der Waals surface area contributed by atoms with Crippen LogP contribution in [-0.2, 0) is 0 Å². The summed E-state index contributed by atoms with van der Waals surface area (Å²) < 4.78 is 6.64. The van der Waals surface area contributed by atoms with E-state index in [1.54, 1.807) is 0 Å². The zero-order chi connectivity index (χ0) is 44.1. The molecule has 0 saturated carbocycles. The third-order valence-corrected chi connectivity index (χ3v) is 13.6. The van der Waals surface area contributed by atoms with E-state index < -0.39 is 0 Å². The molecule has 0 atom stereocenters. The van der Waals surface area contributed by atoms with E-state index in [9.17, 15) is 0 Å². The molecule has 0 saturated heterocycles. The summed E-state index contributed by atoms with van der Waals surface area (Å²) in [5.74, 6) is 0. The summed E-state index contributed by atoms with van der Waals surface area (Å²) in [7, 11) is 0. The highest BCUT2D eigenvalue weighted by Gasteiger charge is 2.19. The summed E-state index contributed by atoms with van der Waals surface area (Å²) in [6.07, 6.45) is 1.96. The van der Waals surface area contributed by atoms with Crippen LogP contribution in [0.3, 0.4) is 0 Å². The van der Waals surface area contributed by atoms with E-state index in [4.69, 9.17) is 14.4 Å². The molecule has 310 valence electrons. The van der Waals surface area contributed by atoms with Gasteiger partial charge in [-0.05, 0) is 161 Å². The van der Waals surface area contributed by atoms with Crippen molar-refractivity contribution < 1.29 is 4.42 Å². The van der Waals surface area contributed by atoms with Gasteiger partial charge in [0.05, 0.1) is 22.9 Å². The molecule has 2 heterocycles.